The first-order chi connectivity index (χ1) is 13.4. The molecule has 6 heteroatoms. The van der Waals surface area contributed by atoms with Crippen molar-refractivity contribution in [1.29, 1.82) is 0 Å². The SMILES string of the molecule is CC[C@H](C(=O)NC(C)(C)Cc1ccccc1)N(c1ccc(C)c(C)c1)S(C)(=O)=O. The van der Waals surface area contributed by atoms with E-state index in [0.717, 1.165) is 22.9 Å². The quantitative estimate of drug-likeness (QED) is 0.708. The minimum Gasteiger partial charge on any atom is -0.349 e. The van der Waals surface area contributed by atoms with E-state index in [2.05, 4.69) is 5.32 Å². The van der Waals surface area contributed by atoms with Crippen LogP contribution >= 0.6 is 0 Å². The Balaban J connectivity index is 2.31. The smallest absolute Gasteiger partial charge is 0.244 e. The summed E-state index contributed by atoms with van der Waals surface area (Å²) in [6.45, 7) is 9.63. The maximum atomic E-state index is 13.2. The van der Waals surface area contributed by atoms with Gasteiger partial charge in [-0.25, -0.2) is 8.42 Å². The van der Waals surface area contributed by atoms with E-state index in [1.165, 1.54) is 4.31 Å². The number of carbonyl (C=O) groups excluding carboxylic acids is 1. The first-order valence-electron chi connectivity index (χ1n) is 9.87. The molecule has 0 spiro atoms. The average molecular weight is 417 g/mol. The van der Waals surface area contributed by atoms with Crippen molar-refractivity contribution >= 4 is 21.6 Å². The summed E-state index contributed by atoms with van der Waals surface area (Å²) >= 11 is 0. The Hall–Kier alpha value is -2.34. The van der Waals surface area contributed by atoms with Gasteiger partial charge in [0.05, 0.1) is 11.9 Å². The molecular weight excluding hydrogens is 384 g/mol. The fraction of sp³-hybridized carbons (Fsp3) is 0.435. The molecule has 1 N–H and O–H groups in total. The van der Waals surface area contributed by atoms with Crippen molar-refractivity contribution in [3.05, 3.63) is 65.2 Å². The molecule has 0 fully saturated rings. The minimum absolute atomic E-state index is 0.294. The number of hydrogen-bond donors (Lipinski definition) is 1. The molecule has 0 saturated carbocycles. The van der Waals surface area contributed by atoms with Crippen LogP contribution in [-0.2, 0) is 21.2 Å². The van der Waals surface area contributed by atoms with E-state index in [1.54, 1.807) is 6.07 Å². The molecule has 0 aliphatic heterocycles. The fourth-order valence-corrected chi connectivity index (χ4v) is 4.69. The van der Waals surface area contributed by atoms with Crippen molar-refractivity contribution in [3.63, 3.8) is 0 Å². The Morgan fingerprint density at radius 2 is 1.69 bits per heavy atom. The average Bonchev–Trinajstić information content (AvgIpc) is 2.61. The summed E-state index contributed by atoms with van der Waals surface area (Å²) in [5, 5.41) is 3.06. The number of nitrogens with one attached hydrogen (secondary N) is 1. The lowest BCUT2D eigenvalue weighted by Crippen LogP contribution is -2.55. The van der Waals surface area contributed by atoms with Gasteiger partial charge in [0.2, 0.25) is 15.9 Å². The van der Waals surface area contributed by atoms with Crippen molar-refractivity contribution in [2.45, 2.75) is 59.0 Å². The number of benzene rings is 2. The number of nitrogens with zero attached hydrogens (tertiary/aromatic N) is 1. The van der Waals surface area contributed by atoms with Crippen molar-refractivity contribution in [2.75, 3.05) is 10.6 Å². The zero-order valence-electron chi connectivity index (χ0n) is 18.2. The molecular formula is C23H32N2O3S. The summed E-state index contributed by atoms with van der Waals surface area (Å²) in [5.74, 6) is -0.294. The predicted octanol–water partition coefficient (Wildman–Crippen LogP) is 3.99. The highest BCUT2D eigenvalue weighted by molar-refractivity contribution is 7.92. The molecule has 0 bridgehead atoms. The number of aryl methyl sites for hydroxylation is 2. The molecule has 0 aliphatic carbocycles. The topological polar surface area (TPSA) is 66.5 Å². The molecule has 0 aliphatic rings. The predicted molar refractivity (Wildman–Crippen MR) is 120 cm³/mol. The molecule has 0 saturated heterocycles. The zero-order chi connectivity index (χ0) is 21.8. The van der Waals surface area contributed by atoms with Crippen LogP contribution in [-0.4, -0.2) is 32.2 Å². The molecule has 0 heterocycles. The Kier molecular flexibility index (Phi) is 7.11. The first kappa shape index (κ1) is 22.9. The van der Waals surface area contributed by atoms with Gasteiger partial charge in [0.1, 0.15) is 6.04 Å². The third kappa shape index (κ3) is 6.07. The summed E-state index contributed by atoms with van der Waals surface area (Å²) in [4.78, 5) is 13.2. The van der Waals surface area contributed by atoms with Gasteiger partial charge < -0.3 is 5.32 Å². The van der Waals surface area contributed by atoms with Gasteiger partial charge in [0, 0.05) is 5.54 Å². The van der Waals surface area contributed by atoms with Crippen LogP contribution in [0.3, 0.4) is 0 Å². The Morgan fingerprint density at radius 3 is 2.21 bits per heavy atom. The summed E-state index contributed by atoms with van der Waals surface area (Å²) < 4.78 is 26.5. The summed E-state index contributed by atoms with van der Waals surface area (Å²) in [6.07, 6.45) is 2.17. The second-order valence-corrected chi connectivity index (χ2v) is 10.1. The minimum atomic E-state index is -3.65. The van der Waals surface area contributed by atoms with Gasteiger partial charge in [0.15, 0.2) is 0 Å². The molecule has 158 valence electrons. The molecule has 0 aromatic heterocycles. The Morgan fingerprint density at radius 1 is 1.07 bits per heavy atom. The molecule has 29 heavy (non-hydrogen) atoms. The maximum absolute atomic E-state index is 13.2. The van der Waals surface area contributed by atoms with Crippen LogP contribution in [0.1, 0.15) is 43.9 Å². The third-order valence-electron chi connectivity index (χ3n) is 5.03. The van der Waals surface area contributed by atoms with Gasteiger partial charge in [-0.3, -0.25) is 9.10 Å². The number of sulfonamides is 1. The van der Waals surface area contributed by atoms with Gasteiger partial charge in [-0.15, -0.1) is 0 Å². The van der Waals surface area contributed by atoms with Gasteiger partial charge in [-0.1, -0.05) is 43.3 Å². The highest BCUT2D eigenvalue weighted by Gasteiger charge is 2.34. The van der Waals surface area contributed by atoms with E-state index in [1.807, 2.05) is 77.1 Å². The van der Waals surface area contributed by atoms with E-state index in [4.69, 9.17) is 0 Å². The molecule has 2 rings (SSSR count). The molecule has 1 atom stereocenters. The van der Waals surface area contributed by atoms with Gasteiger partial charge in [0.25, 0.3) is 0 Å². The second-order valence-electron chi connectivity index (χ2n) is 8.29. The van der Waals surface area contributed by atoms with E-state index < -0.39 is 21.6 Å². The second kappa shape index (κ2) is 8.99. The molecule has 5 nitrogen and oxygen atoms in total. The van der Waals surface area contributed by atoms with Crippen LogP contribution in [0.15, 0.2) is 48.5 Å². The highest BCUT2D eigenvalue weighted by atomic mass is 32.2. The Labute approximate surface area is 175 Å². The van der Waals surface area contributed by atoms with E-state index in [-0.39, 0.29) is 5.91 Å². The van der Waals surface area contributed by atoms with E-state index in [0.29, 0.717) is 18.5 Å². The number of anilines is 1. The highest BCUT2D eigenvalue weighted by Crippen LogP contribution is 2.25. The molecule has 0 unspecified atom stereocenters. The standard InChI is InChI=1S/C23H32N2O3S/c1-7-21(22(26)24-23(4,5)16-19-11-9-8-10-12-19)25(29(6,27)28)20-14-13-17(2)18(3)15-20/h8-15,21H,7,16H2,1-6H3,(H,24,26)/t21-/m1/s1. The van der Waals surface area contributed by atoms with Crippen LogP contribution < -0.4 is 9.62 Å². The van der Waals surface area contributed by atoms with Crippen molar-refractivity contribution < 1.29 is 13.2 Å². The van der Waals surface area contributed by atoms with Gasteiger partial charge >= 0.3 is 0 Å². The van der Waals surface area contributed by atoms with Crippen LogP contribution in [0.2, 0.25) is 0 Å². The van der Waals surface area contributed by atoms with Crippen LogP contribution in [0.25, 0.3) is 0 Å². The normalized spacial score (nSPS) is 13.0. The number of amides is 1. The molecule has 1 amide bonds. The first-order valence-corrected chi connectivity index (χ1v) is 11.7. The lowest BCUT2D eigenvalue weighted by molar-refractivity contribution is -0.123. The van der Waals surface area contributed by atoms with Crippen molar-refractivity contribution in [3.8, 4) is 0 Å². The number of carbonyl (C=O) groups is 1. The van der Waals surface area contributed by atoms with E-state index in [9.17, 15) is 13.2 Å². The largest absolute Gasteiger partial charge is 0.349 e. The lowest BCUT2D eigenvalue weighted by atomic mass is 9.94. The zero-order valence-corrected chi connectivity index (χ0v) is 19.0. The number of rotatable bonds is 8. The van der Waals surface area contributed by atoms with Gasteiger partial charge in [-0.2, -0.15) is 0 Å². The molecule has 2 aromatic carbocycles. The Bertz CT molecular complexity index is 953. The van der Waals surface area contributed by atoms with Crippen molar-refractivity contribution in [1.82, 2.24) is 5.32 Å². The van der Waals surface area contributed by atoms with Gasteiger partial charge in [-0.05, 0) is 69.4 Å². The van der Waals surface area contributed by atoms with Crippen molar-refractivity contribution in [2.24, 2.45) is 0 Å². The molecule has 0 radical (unpaired) electrons. The lowest BCUT2D eigenvalue weighted by Gasteiger charge is -2.34. The monoisotopic (exact) mass is 416 g/mol. The maximum Gasteiger partial charge on any atom is 0.244 e. The summed E-state index contributed by atoms with van der Waals surface area (Å²) in [7, 11) is -3.65. The molecule has 2 aromatic rings. The van der Waals surface area contributed by atoms with Crippen LogP contribution in [0, 0.1) is 13.8 Å². The van der Waals surface area contributed by atoms with E-state index >= 15 is 0 Å². The number of hydrogen-bond acceptors (Lipinski definition) is 3. The van der Waals surface area contributed by atoms with Crippen LogP contribution in [0.4, 0.5) is 5.69 Å². The summed E-state index contributed by atoms with van der Waals surface area (Å²) in [6, 6.07) is 14.6. The summed E-state index contributed by atoms with van der Waals surface area (Å²) in [5.41, 5.74) is 3.16. The third-order valence-corrected chi connectivity index (χ3v) is 6.21. The fourth-order valence-electron chi connectivity index (χ4n) is 3.49. The van der Waals surface area contributed by atoms with Crippen LogP contribution in [0.5, 0.6) is 0 Å².